The van der Waals surface area contributed by atoms with Crippen LogP contribution in [0.2, 0.25) is 0 Å². The fourth-order valence-electron chi connectivity index (χ4n) is 8.49. The quantitative estimate of drug-likeness (QED) is 0.0965. The van der Waals surface area contributed by atoms with E-state index in [0.717, 1.165) is 37.0 Å². The number of rotatable bonds is 8. The number of oxime groups is 1. The lowest BCUT2D eigenvalue weighted by atomic mass is 9.86. The monoisotopic (exact) mass is 833 g/mol. The van der Waals surface area contributed by atoms with Gasteiger partial charge in [0.15, 0.2) is 6.10 Å². The number of esters is 1. The van der Waals surface area contributed by atoms with Gasteiger partial charge in [0.25, 0.3) is 0 Å². The van der Waals surface area contributed by atoms with Gasteiger partial charge < -0.3 is 43.8 Å². The molecule has 0 aromatic heterocycles. The van der Waals surface area contributed by atoms with Crippen molar-refractivity contribution in [2.24, 2.45) is 22.9 Å². The highest BCUT2D eigenvalue weighted by atomic mass is 16.6. The van der Waals surface area contributed by atoms with E-state index in [0.29, 0.717) is 32.1 Å². The first-order chi connectivity index (χ1) is 28.9. The summed E-state index contributed by atoms with van der Waals surface area (Å²) < 4.78 is 31.8. The molecule has 6 aliphatic rings. The largest absolute Gasteiger partial charge is 0.481 e. The lowest BCUT2D eigenvalue weighted by molar-refractivity contribution is -0.148. The Morgan fingerprint density at radius 1 is 0.850 bits per heavy atom. The second kappa shape index (κ2) is 23.9. The Bertz CT molecular complexity index is 1670. The molecule has 0 aliphatic carbocycles. The standard InChI is InChI=1S/C48H67NO11/c1-31(18-15-16-24-45(51)52)28-32(2)48-41-27-26-35(56-48)19-11-7-6-8-12-20-37(50)47(54)44-29-36(49-55-5)33(3)38(58-44)22-17-23-39-34(4)42-30-43(57-39)40(59-42)21-13-9-10-14-25-46(53)60-41/h7,9-14,17,20-21,23,25-28,31,33-35,37-44,47-48,50,54H,6,8,15-16,18-19,22,24,29-30H2,1-5H3,(H,51,52)/b10-9?,11-7?,20-12-,21-13?,23-17?,25-14+,32-28?,49-36+. The van der Waals surface area contributed by atoms with Crippen LogP contribution in [0.25, 0.3) is 0 Å². The van der Waals surface area contributed by atoms with E-state index in [2.05, 4.69) is 49.4 Å². The summed E-state index contributed by atoms with van der Waals surface area (Å²) in [5.74, 6) is -0.989. The van der Waals surface area contributed by atoms with Gasteiger partial charge in [0.1, 0.15) is 31.5 Å². The molecular weight excluding hydrogens is 767 g/mol. The number of unbranched alkanes of at least 4 members (excludes halogenated alkanes) is 1. The molecule has 7 bridgehead atoms. The lowest BCUT2D eigenvalue weighted by Crippen LogP contribution is -2.48. The van der Waals surface area contributed by atoms with Crippen LogP contribution in [0, 0.1) is 17.8 Å². The van der Waals surface area contributed by atoms with Crippen LogP contribution >= 0.6 is 0 Å². The number of aliphatic hydroxyl groups excluding tert-OH is 2. The lowest BCUT2D eigenvalue weighted by Gasteiger charge is -2.38. The Morgan fingerprint density at radius 3 is 2.43 bits per heavy atom. The summed E-state index contributed by atoms with van der Waals surface area (Å²) in [6.45, 7) is 8.26. The minimum Gasteiger partial charge on any atom is -0.481 e. The maximum Gasteiger partial charge on any atom is 0.331 e. The van der Waals surface area contributed by atoms with Crippen LogP contribution < -0.4 is 0 Å². The van der Waals surface area contributed by atoms with Gasteiger partial charge in [-0.15, -0.1) is 0 Å². The molecule has 6 heterocycles. The molecule has 330 valence electrons. The van der Waals surface area contributed by atoms with E-state index in [9.17, 15) is 19.8 Å². The maximum atomic E-state index is 13.0. The molecule has 12 nitrogen and oxygen atoms in total. The van der Waals surface area contributed by atoms with E-state index in [1.807, 2.05) is 50.3 Å². The minimum atomic E-state index is -1.16. The van der Waals surface area contributed by atoms with Gasteiger partial charge in [0, 0.05) is 37.2 Å². The molecule has 0 aromatic rings. The first-order valence-electron chi connectivity index (χ1n) is 21.8. The molecule has 0 amide bonds. The molecule has 0 radical (unpaired) electrons. The third-order valence-corrected chi connectivity index (χ3v) is 12.0. The number of ether oxygens (including phenoxy) is 5. The zero-order valence-electron chi connectivity index (χ0n) is 35.9. The second-order valence-electron chi connectivity index (χ2n) is 16.7. The Morgan fingerprint density at radius 2 is 1.63 bits per heavy atom. The van der Waals surface area contributed by atoms with Crippen LogP contribution in [-0.4, -0.2) is 107 Å². The van der Waals surface area contributed by atoms with Crippen molar-refractivity contribution in [3.05, 3.63) is 96.7 Å². The maximum absolute atomic E-state index is 13.0. The van der Waals surface area contributed by atoms with Crippen LogP contribution in [0.5, 0.6) is 0 Å². The Kier molecular flexibility index (Phi) is 18.8. The van der Waals surface area contributed by atoms with Gasteiger partial charge in [-0.2, -0.15) is 0 Å². The Labute approximate surface area is 356 Å². The number of carboxylic acid groups (broad SMARTS) is 1. The molecule has 0 aromatic carbocycles. The van der Waals surface area contributed by atoms with Crippen molar-refractivity contribution in [1.82, 2.24) is 0 Å². The van der Waals surface area contributed by atoms with Crippen molar-refractivity contribution >= 4 is 17.7 Å². The molecule has 0 saturated carbocycles. The topological polar surface area (TPSA) is 163 Å². The molecule has 60 heavy (non-hydrogen) atoms. The molecule has 14 atom stereocenters. The number of carboxylic acids is 1. The SMILES string of the molecule is CO/N=C1\CC2OC(CC=CC3OC4CC(OC4C=CC=C/C=C/C(=O)OC4C=CC(CC=CCC/C=C\C(O)C2O)OC4C(C)=CC(C)CCCCC(=O)O)C3C)C1C. The molecule has 3 fully saturated rings. The number of hydrogen-bond donors (Lipinski definition) is 3. The molecule has 6 rings (SSSR count). The van der Waals surface area contributed by atoms with Gasteiger partial charge in [0.2, 0.25) is 0 Å². The number of fused-ring (bicyclic) bond motifs is 13. The van der Waals surface area contributed by atoms with Gasteiger partial charge in [-0.3, -0.25) is 4.79 Å². The number of nitrogens with zero attached hydrogens (tertiary/aromatic N) is 1. The van der Waals surface area contributed by atoms with E-state index in [4.69, 9.17) is 33.6 Å². The van der Waals surface area contributed by atoms with Crippen LogP contribution in [-0.2, 0) is 38.1 Å². The third-order valence-electron chi connectivity index (χ3n) is 12.0. The van der Waals surface area contributed by atoms with Crippen molar-refractivity contribution in [3.8, 4) is 0 Å². The molecule has 12 heteroatoms. The number of aliphatic carboxylic acids is 1. The van der Waals surface area contributed by atoms with Gasteiger partial charge >= 0.3 is 11.9 Å². The highest BCUT2D eigenvalue weighted by Gasteiger charge is 2.45. The summed E-state index contributed by atoms with van der Waals surface area (Å²) >= 11 is 0. The summed E-state index contributed by atoms with van der Waals surface area (Å²) in [6, 6.07) is 0. The number of aliphatic hydroxyl groups is 2. The third kappa shape index (κ3) is 14.1. The van der Waals surface area contributed by atoms with Crippen molar-refractivity contribution < 1.29 is 53.4 Å². The summed E-state index contributed by atoms with van der Waals surface area (Å²) in [6.07, 6.45) is 29.5. The highest BCUT2D eigenvalue weighted by Crippen LogP contribution is 2.38. The predicted molar refractivity (Wildman–Crippen MR) is 230 cm³/mol. The molecule has 3 N–H and O–H groups in total. The fourth-order valence-corrected chi connectivity index (χ4v) is 8.49. The number of carbonyl (C=O) groups excluding carboxylic acids is 1. The minimum absolute atomic E-state index is 0.0534. The Hall–Kier alpha value is -3.91. The van der Waals surface area contributed by atoms with Gasteiger partial charge in [-0.25, -0.2) is 4.79 Å². The van der Waals surface area contributed by atoms with Crippen molar-refractivity contribution in [2.45, 2.75) is 159 Å². The smallest absolute Gasteiger partial charge is 0.331 e. The van der Waals surface area contributed by atoms with E-state index >= 15 is 0 Å². The van der Waals surface area contributed by atoms with Crippen LogP contribution in [0.4, 0.5) is 0 Å². The van der Waals surface area contributed by atoms with Crippen molar-refractivity contribution in [2.75, 3.05) is 7.11 Å². The van der Waals surface area contributed by atoms with Crippen LogP contribution in [0.15, 0.2) is 102 Å². The van der Waals surface area contributed by atoms with Gasteiger partial charge in [0.05, 0.1) is 42.3 Å². The first-order valence-corrected chi connectivity index (χ1v) is 21.8. The Balaban J connectivity index is 1.31. The van der Waals surface area contributed by atoms with Crippen molar-refractivity contribution in [3.63, 3.8) is 0 Å². The van der Waals surface area contributed by atoms with Gasteiger partial charge in [-0.05, 0) is 63.0 Å². The van der Waals surface area contributed by atoms with Gasteiger partial charge in [-0.1, -0.05) is 111 Å². The molecule has 0 spiro atoms. The highest BCUT2D eigenvalue weighted by molar-refractivity contribution is 5.87. The van der Waals surface area contributed by atoms with Crippen molar-refractivity contribution in [1.29, 1.82) is 0 Å². The average molecular weight is 834 g/mol. The van der Waals surface area contributed by atoms with E-state index < -0.39 is 42.5 Å². The van der Waals surface area contributed by atoms with E-state index in [1.54, 1.807) is 18.2 Å². The molecule has 3 saturated heterocycles. The summed E-state index contributed by atoms with van der Waals surface area (Å²) in [5.41, 5.74) is 1.73. The average Bonchev–Trinajstić information content (AvgIpc) is 3.57. The van der Waals surface area contributed by atoms with E-state index in [1.165, 1.54) is 13.2 Å². The first kappa shape index (κ1) is 47.1. The number of allylic oxidation sites excluding steroid dienone is 7. The summed E-state index contributed by atoms with van der Waals surface area (Å²) in [7, 11) is 1.51. The summed E-state index contributed by atoms with van der Waals surface area (Å²) in [5, 5.41) is 35.5. The van der Waals surface area contributed by atoms with E-state index in [-0.39, 0.29) is 60.8 Å². The number of hydrogen-bond acceptors (Lipinski definition) is 11. The summed E-state index contributed by atoms with van der Waals surface area (Å²) in [4.78, 5) is 29.1. The van der Waals surface area contributed by atoms with Crippen LogP contribution in [0.1, 0.15) is 91.9 Å². The molecule has 6 aliphatic heterocycles. The zero-order valence-corrected chi connectivity index (χ0v) is 35.9. The molecule has 14 unspecified atom stereocenters. The second-order valence-corrected chi connectivity index (χ2v) is 16.7. The van der Waals surface area contributed by atoms with Crippen LogP contribution in [0.3, 0.4) is 0 Å². The molecular formula is C48H67NO11. The zero-order chi connectivity index (χ0) is 43.0. The fraction of sp³-hybridized carbons (Fsp3) is 0.604. The normalized spacial score (nSPS) is 38.0. The predicted octanol–water partition coefficient (Wildman–Crippen LogP) is 7.44. The number of carbonyl (C=O) groups is 2.